The van der Waals surface area contributed by atoms with Crippen LogP contribution in [0.3, 0.4) is 0 Å². The summed E-state index contributed by atoms with van der Waals surface area (Å²) in [5.74, 6) is 0.634. The highest BCUT2D eigenvalue weighted by atomic mass is 79.9. The number of benzene rings is 1. The molecule has 1 aromatic rings. The lowest BCUT2D eigenvalue weighted by Crippen LogP contribution is -2.37. The maximum atomic E-state index is 12.1. The average molecular weight is 314 g/mol. The van der Waals surface area contributed by atoms with Crippen molar-refractivity contribution in [3.63, 3.8) is 0 Å². The monoisotopic (exact) mass is 313 g/mol. The number of amides is 1. The number of hydrogen-bond donors (Lipinski definition) is 2. The summed E-state index contributed by atoms with van der Waals surface area (Å²) < 4.78 is 0. The molecule has 0 spiro atoms. The van der Waals surface area contributed by atoms with Crippen molar-refractivity contribution in [3.8, 4) is 5.75 Å². The Morgan fingerprint density at radius 3 is 2.61 bits per heavy atom. The fourth-order valence-corrected chi connectivity index (χ4v) is 2.32. The predicted octanol–water partition coefficient (Wildman–Crippen LogP) is 3.24. The number of aryl methyl sites for hydroxylation is 1. The van der Waals surface area contributed by atoms with Crippen molar-refractivity contribution in [2.24, 2.45) is 5.92 Å². The van der Waals surface area contributed by atoms with Crippen molar-refractivity contribution in [1.29, 1.82) is 0 Å². The Labute approximate surface area is 117 Å². The van der Waals surface area contributed by atoms with Crippen LogP contribution in [-0.4, -0.2) is 22.4 Å². The lowest BCUT2D eigenvalue weighted by Gasteiger charge is -2.19. The Balaban J connectivity index is 2.74. The number of rotatable bonds is 5. The van der Waals surface area contributed by atoms with Gasteiger partial charge in [-0.1, -0.05) is 29.8 Å². The van der Waals surface area contributed by atoms with Crippen molar-refractivity contribution in [2.45, 2.75) is 33.2 Å². The second-order valence-corrected chi connectivity index (χ2v) is 5.60. The maximum absolute atomic E-state index is 12.1. The predicted molar refractivity (Wildman–Crippen MR) is 77.3 cm³/mol. The van der Waals surface area contributed by atoms with Crippen molar-refractivity contribution >= 4 is 21.8 Å². The van der Waals surface area contributed by atoms with E-state index in [0.717, 1.165) is 17.3 Å². The van der Waals surface area contributed by atoms with Gasteiger partial charge < -0.3 is 10.4 Å². The number of carbonyl (C=O) groups excluding carboxylic acids is 1. The molecule has 0 saturated carbocycles. The molecule has 0 aromatic heterocycles. The molecule has 0 bridgehead atoms. The second kappa shape index (κ2) is 6.78. The minimum atomic E-state index is -0.0856. The standard InChI is InChI=1S/C14H20BrNO2/c1-9(2)6-11(8-15)16-14(18)13-5-4-12(17)7-10(13)3/h4-5,7,9,11,17H,6,8H2,1-3H3,(H,16,18). The van der Waals surface area contributed by atoms with Gasteiger partial charge in [-0.2, -0.15) is 0 Å². The van der Waals surface area contributed by atoms with Gasteiger partial charge in [0.1, 0.15) is 5.75 Å². The third-order valence-electron chi connectivity index (χ3n) is 2.73. The second-order valence-electron chi connectivity index (χ2n) is 4.95. The van der Waals surface area contributed by atoms with Crippen LogP contribution in [0.1, 0.15) is 36.2 Å². The van der Waals surface area contributed by atoms with Crippen LogP contribution in [0.5, 0.6) is 5.75 Å². The Morgan fingerprint density at radius 2 is 2.11 bits per heavy atom. The first-order chi connectivity index (χ1) is 8.43. The van der Waals surface area contributed by atoms with Gasteiger partial charge in [-0.25, -0.2) is 0 Å². The van der Waals surface area contributed by atoms with E-state index >= 15 is 0 Å². The molecule has 0 saturated heterocycles. The van der Waals surface area contributed by atoms with E-state index in [-0.39, 0.29) is 17.7 Å². The first-order valence-corrected chi connectivity index (χ1v) is 7.22. The van der Waals surface area contributed by atoms with Crippen molar-refractivity contribution in [2.75, 3.05) is 5.33 Å². The number of phenolic OH excluding ortho intramolecular Hbond substituents is 1. The average Bonchev–Trinajstić information content (AvgIpc) is 2.27. The third-order valence-corrected chi connectivity index (χ3v) is 3.51. The zero-order chi connectivity index (χ0) is 13.7. The van der Waals surface area contributed by atoms with Gasteiger partial charge in [-0.15, -0.1) is 0 Å². The Hall–Kier alpha value is -1.03. The fraction of sp³-hybridized carbons (Fsp3) is 0.500. The van der Waals surface area contributed by atoms with Crippen LogP contribution in [0.2, 0.25) is 0 Å². The summed E-state index contributed by atoms with van der Waals surface area (Å²) in [6, 6.07) is 4.92. The molecule has 1 rings (SSSR count). The molecule has 1 atom stereocenters. The van der Waals surface area contributed by atoms with Gasteiger partial charge in [0.05, 0.1) is 0 Å². The molecule has 0 radical (unpaired) electrons. The summed E-state index contributed by atoms with van der Waals surface area (Å²) in [6.07, 6.45) is 0.939. The van der Waals surface area contributed by atoms with Crippen LogP contribution in [0.15, 0.2) is 18.2 Å². The van der Waals surface area contributed by atoms with Crippen LogP contribution < -0.4 is 5.32 Å². The van der Waals surface area contributed by atoms with Crippen LogP contribution in [0.4, 0.5) is 0 Å². The lowest BCUT2D eigenvalue weighted by atomic mass is 10.0. The fourth-order valence-electron chi connectivity index (χ4n) is 1.90. The summed E-state index contributed by atoms with van der Waals surface area (Å²) in [6.45, 7) is 6.08. The molecule has 0 aliphatic carbocycles. The van der Waals surface area contributed by atoms with Gasteiger partial charge in [-0.05, 0) is 43.0 Å². The Morgan fingerprint density at radius 1 is 1.44 bits per heavy atom. The molecule has 100 valence electrons. The normalized spacial score (nSPS) is 12.5. The van der Waals surface area contributed by atoms with E-state index in [1.807, 2.05) is 6.92 Å². The van der Waals surface area contributed by atoms with Crippen LogP contribution in [-0.2, 0) is 0 Å². The Bertz CT molecular complexity index is 418. The summed E-state index contributed by atoms with van der Waals surface area (Å²) in [7, 11) is 0. The van der Waals surface area contributed by atoms with Crippen molar-refractivity contribution < 1.29 is 9.90 Å². The highest BCUT2D eigenvalue weighted by Crippen LogP contribution is 2.16. The molecular weight excluding hydrogens is 294 g/mol. The topological polar surface area (TPSA) is 49.3 Å². The first kappa shape index (κ1) is 15.0. The van der Waals surface area contributed by atoms with E-state index in [1.54, 1.807) is 12.1 Å². The molecule has 18 heavy (non-hydrogen) atoms. The van der Waals surface area contributed by atoms with E-state index in [1.165, 1.54) is 6.07 Å². The van der Waals surface area contributed by atoms with E-state index < -0.39 is 0 Å². The molecular formula is C14H20BrNO2. The van der Waals surface area contributed by atoms with Crippen molar-refractivity contribution in [3.05, 3.63) is 29.3 Å². The minimum Gasteiger partial charge on any atom is -0.508 e. The van der Waals surface area contributed by atoms with Gasteiger partial charge in [0, 0.05) is 16.9 Å². The molecule has 0 aliphatic rings. The molecule has 3 nitrogen and oxygen atoms in total. The first-order valence-electron chi connectivity index (χ1n) is 6.10. The highest BCUT2D eigenvalue weighted by molar-refractivity contribution is 9.09. The third kappa shape index (κ3) is 4.33. The number of nitrogens with one attached hydrogen (secondary N) is 1. The maximum Gasteiger partial charge on any atom is 0.251 e. The SMILES string of the molecule is Cc1cc(O)ccc1C(=O)NC(CBr)CC(C)C. The number of aromatic hydroxyl groups is 1. The van der Waals surface area contributed by atoms with Crippen LogP contribution in [0, 0.1) is 12.8 Å². The molecule has 0 aliphatic heterocycles. The van der Waals surface area contributed by atoms with E-state index in [2.05, 4.69) is 35.1 Å². The molecule has 1 aromatic carbocycles. The number of phenols is 1. The van der Waals surface area contributed by atoms with Gasteiger partial charge in [0.25, 0.3) is 5.91 Å². The minimum absolute atomic E-state index is 0.0856. The molecule has 2 N–H and O–H groups in total. The highest BCUT2D eigenvalue weighted by Gasteiger charge is 2.15. The van der Waals surface area contributed by atoms with Gasteiger partial charge >= 0.3 is 0 Å². The molecule has 0 heterocycles. The molecule has 4 heteroatoms. The van der Waals surface area contributed by atoms with E-state index in [4.69, 9.17) is 0 Å². The van der Waals surface area contributed by atoms with Gasteiger partial charge in [-0.3, -0.25) is 4.79 Å². The van der Waals surface area contributed by atoms with E-state index in [0.29, 0.717) is 11.5 Å². The zero-order valence-corrected chi connectivity index (χ0v) is 12.6. The number of halogens is 1. The van der Waals surface area contributed by atoms with Crippen molar-refractivity contribution in [1.82, 2.24) is 5.32 Å². The number of carbonyl (C=O) groups is 1. The molecule has 1 unspecified atom stereocenters. The Kier molecular flexibility index (Phi) is 5.66. The quantitative estimate of drug-likeness (QED) is 0.820. The number of alkyl halides is 1. The number of hydrogen-bond acceptors (Lipinski definition) is 2. The van der Waals surface area contributed by atoms with Crippen LogP contribution in [0.25, 0.3) is 0 Å². The van der Waals surface area contributed by atoms with Gasteiger partial charge in [0.15, 0.2) is 0 Å². The zero-order valence-electron chi connectivity index (χ0n) is 11.0. The van der Waals surface area contributed by atoms with E-state index in [9.17, 15) is 9.90 Å². The lowest BCUT2D eigenvalue weighted by molar-refractivity contribution is 0.0936. The van der Waals surface area contributed by atoms with Gasteiger partial charge in [0.2, 0.25) is 0 Å². The summed E-state index contributed by atoms with van der Waals surface area (Å²) >= 11 is 3.42. The summed E-state index contributed by atoms with van der Waals surface area (Å²) in [5.41, 5.74) is 1.40. The molecule has 0 fully saturated rings. The summed E-state index contributed by atoms with van der Waals surface area (Å²) in [5, 5.41) is 13.1. The van der Waals surface area contributed by atoms with Crippen LogP contribution >= 0.6 is 15.9 Å². The summed E-state index contributed by atoms with van der Waals surface area (Å²) in [4.78, 5) is 12.1. The molecule has 1 amide bonds. The smallest absolute Gasteiger partial charge is 0.251 e. The largest absolute Gasteiger partial charge is 0.508 e.